The quantitative estimate of drug-likeness (QED) is 0.853. The summed E-state index contributed by atoms with van der Waals surface area (Å²) in [6, 6.07) is 6.32. The highest BCUT2D eigenvalue weighted by atomic mass is 32.1. The number of rotatable bonds is 4. The number of hydrogen-bond acceptors (Lipinski definition) is 4. The number of nitrogen functional groups attached to an aromatic ring is 1. The number of nitrogens with one attached hydrogen (secondary N) is 1. The van der Waals surface area contributed by atoms with E-state index in [1.165, 1.54) is 5.56 Å². The van der Waals surface area contributed by atoms with Crippen molar-refractivity contribution < 1.29 is 0 Å². The maximum atomic E-state index is 5.62. The second-order valence-electron chi connectivity index (χ2n) is 3.85. The first-order chi connectivity index (χ1) is 7.74. The molecule has 0 aliphatic carbocycles. The smallest absolute Gasteiger partial charge is 0.125 e. The van der Waals surface area contributed by atoms with Crippen LogP contribution < -0.4 is 11.1 Å². The predicted molar refractivity (Wildman–Crippen MR) is 69.8 cm³/mol. The molecule has 4 heteroatoms. The van der Waals surface area contributed by atoms with Crippen LogP contribution in [-0.2, 0) is 6.42 Å². The Kier molecular flexibility index (Phi) is 3.41. The lowest BCUT2D eigenvalue weighted by molar-refractivity contribution is 0.792. The second kappa shape index (κ2) is 4.99. The number of hydrogen-bond donors (Lipinski definition) is 2. The van der Waals surface area contributed by atoms with E-state index in [4.69, 9.17) is 5.73 Å². The summed E-state index contributed by atoms with van der Waals surface area (Å²) in [7, 11) is 0. The zero-order valence-electron chi connectivity index (χ0n) is 9.18. The van der Waals surface area contributed by atoms with Crippen molar-refractivity contribution in [3.05, 3.63) is 40.7 Å². The van der Waals surface area contributed by atoms with E-state index in [-0.39, 0.29) is 0 Å². The first kappa shape index (κ1) is 11.0. The third-order valence-corrected chi connectivity index (χ3v) is 3.05. The molecular formula is C12H15N3S. The van der Waals surface area contributed by atoms with E-state index in [2.05, 4.69) is 34.1 Å². The van der Waals surface area contributed by atoms with E-state index >= 15 is 0 Å². The van der Waals surface area contributed by atoms with E-state index in [9.17, 15) is 0 Å². The molecule has 3 nitrogen and oxygen atoms in total. The van der Waals surface area contributed by atoms with Gasteiger partial charge in [-0.2, -0.15) is 11.3 Å². The maximum Gasteiger partial charge on any atom is 0.125 e. The molecule has 0 spiro atoms. The summed E-state index contributed by atoms with van der Waals surface area (Å²) in [5.74, 6) is 0.549. The summed E-state index contributed by atoms with van der Waals surface area (Å²) >= 11 is 1.73. The minimum absolute atomic E-state index is 0.386. The Labute approximate surface area is 99.3 Å². The number of pyridine rings is 1. The third kappa shape index (κ3) is 2.97. The fourth-order valence-corrected chi connectivity index (χ4v) is 2.32. The summed E-state index contributed by atoms with van der Waals surface area (Å²) in [6.07, 6.45) is 2.74. The highest BCUT2D eigenvalue weighted by molar-refractivity contribution is 7.07. The van der Waals surface area contributed by atoms with Crippen LogP contribution in [-0.4, -0.2) is 11.0 Å². The van der Waals surface area contributed by atoms with E-state index < -0.39 is 0 Å². The number of anilines is 2. The average Bonchev–Trinajstić information content (AvgIpc) is 2.70. The van der Waals surface area contributed by atoms with Gasteiger partial charge in [-0.25, -0.2) is 4.98 Å². The second-order valence-corrected chi connectivity index (χ2v) is 4.63. The molecule has 0 fully saturated rings. The third-order valence-electron chi connectivity index (χ3n) is 2.32. The van der Waals surface area contributed by atoms with Crippen molar-refractivity contribution >= 4 is 22.8 Å². The summed E-state index contributed by atoms with van der Waals surface area (Å²) in [6.45, 7) is 2.16. The normalized spacial score (nSPS) is 12.3. The summed E-state index contributed by atoms with van der Waals surface area (Å²) < 4.78 is 0. The van der Waals surface area contributed by atoms with Crippen molar-refractivity contribution in [1.29, 1.82) is 0 Å². The van der Waals surface area contributed by atoms with Gasteiger partial charge in [0.15, 0.2) is 0 Å². The molecule has 0 saturated heterocycles. The van der Waals surface area contributed by atoms with Gasteiger partial charge in [-0.1, -0.05) is 0 Å². The summed E-state index contributed by atoms with van der Waals surface area (Å²) in [5, 5.41) is 7.69. The highest BCUT2D eigenvalue weighted by Crippen LogP contribution is 2.14. The lowest BCUT2D eigenvalue weighted by Crippen LogP contribution is -2.17. The molecule has 0 bridgehead atoms. The van der Waals surface area contributed by atoms with E-state index in [1.54, 1.807) is 17.5 Å². The van der Waals surface area contributed by atoms with Gasteiger partial charge in [0.25, 0.3) is 0 Å². The largest absolute Gasteiger partial charge is 0.384 e. The van der Waals surface area contributed by atoms with Crippen LogP contribution >= 0.6 is 11.3 Å². The topological polar surface area (TPSA) is 50.9 Å². The van der Waals surface area contributed by atoms with Crippen molar-refractivity contribution in [3.63, 3.8) is 0 Å². The number of aromatic nitrogens is 1. The molecule has 0 aliphatic rings. The van der Waals surface area contributed by atoms with Crippen molar-refractivity contribution in [3.8, 4) is 0 Å². The molecule has 0 aliphatic heterocycles. The lowest BCUT2D eigenvalue weighted by Gasteiger charge is -2.14. The van der Waals surface area contributed by atoms with Crippen LogP contribution in [0.1, 0.15) is 12.5 Å². The minimum atomic E-state index is 0.386. The molecule has 2 aromatic rings. The molecular weight excluding hydrogens is 218 g/mol. The van der Waals surface area contributed by atoms with Crippen LogP contribution in [0.2, 0.25) is 0 Å². The van der Waals surface area contributed by atoms with Gasteiger partial charge in [0, 0.05) is 24.0 Å². The Hall–Kier alpha value is -1.55. The lowest BCUT2D eigenvalue weighted by atomic mass is 10.1. The first-order valence-electron chi connectivity index (χ1n) is 5.23. The molecule has 16 heavy (non-hydrogen) atoms. The van der Waals surface area contributed by atoms with Gasteiger partial charge < -0.3 is 11.1 Å². The Morgan fingerprint density at radius 1 is 1.50 bits per heavy atom. The molecule has 2 aromatic heterocycles. The minimum Gasteiger partial charge on any atom is -0.384 e. The molecule has 3 N–H and O–H groups in total. The molecule has 1 atom stereocenters. The monoisotopic (exact) mass is 233 g/mol. The van der Waals surface area contributed by atoms with Gasteiger partial charge >= 0.3 is 0 Å². The van der Waals surface area contributed by atoms with E-state index in [1.807, 2.05) is 12.1 Å². The summed E-state index contributed by atoms with van der Waals surface area (Å²) in [5.41, 5.74) is 8.01. The molecule has 84 valence electrons. The predicted octanol–water partition coefficient (Wildman–Crippen LogP) is 2.77. The Morgan fingerprint density at radius 2 is 2.38 bits per heavy atom. The van der Waals surface area contributed by atoms with Crippen molar-refractivity contribution in [2.75, 3.05) is 11.1 Å². The molecule has 0 amide bonds. The van der Waals surface area contributed by atoms with Crippen LogP contribution in [0, 0.1) is 0 Å². The zero-order valence-corrected chi connectivity index (χ0v) is 10.00. The molecule has 0 aromatic carbocycles. The number of nitrogens with zero attached hydrogens (tertiary/aromatic N) is 1. The number of nitrogens with two attached hydrogens (primary N) is 1. The van der Waals surface area contributed by atoms with E-state index in [0.717, 1.165) is 12.1 Å². The highest BCUT2D eigenvalue weighted by Gasteiger charge is 2.04. The Bertz CT molecular complexity index is 439. The Balaban J connectivity index is 1.94. The van der Waals surface area contributed by atoms with Gasteiger partial charge in [-0.05, 0) is 41.8 Å². The van der Waals surface area contributed by atoms with Crippen molar-refractivity contribution in [2.24, 2.45) is 0 Å². The van der Waals surface area contributed by atoms with Gasteiger partial charge in [-0.3, -0.25) is 0 Å². The fourth-order valence-electron chi connectivity index (χ4n) is 1.64. The molecule has 1 unspecified atom stereocenters. The molecule has 2 rings (SSSR count). The van der Waals surface area contributed by atoms with Gasteiger partial charge in [-0.15, -0.1) is 0 Å². The van der Waals surface area contributed by atoms with Crippen LogP contribution in [0.25, 0.3) is 0 Å². The maximum absolute atomic E-state index is 5.62. The van der Waals surface area contributed by atoms with Gasteiger partial charge in [0.1, 0.15) is 5.82 Å². The van der Waals surface area contributed by atoms with Gasteiger partial charge in [0.05, 0.1) is 0 Å². The van der Waals surface area contributed by atoms with E-state index in [0.29, 0.717) is 11.9 Å². The van der Waals surface area contributed by atoms with Crippen LogP contribution in [0.15, 0.2) is 35.2 Å². The molecule has 0 radical (unpaired) electrons. The first-order valence-corrected chi connectivity index (χ1v) is 6.17. The van der Waals surface area contributed by atoms with Crippen molar-refractivity contribution in [1.82, 2.24) is 4.98 Å². The number of thiophene rings is 1. The van der Waals surface area contributed by atoms with Gasteiger partial charge in [0.2, 0.25) is 0 Å². The standard InChI is InChI=1S/C12H15N3S/c1-9(6-10-3-5-16-8-10)15-11-2-4-14-12(13)7-11/h2-5,7-9H,6H2,1H3,(H3,13,14,15). The van der Waals surface area contributed by atoms with Crippen LogP contribution in [0.3, 0.4) is 0 Å². The van der Waals surface area contributed by atoms with Crippen LogP contribution in [0.5, 0.6) is 0 Å². The zero-order chi connectivity index (χ0) is 11.4. The summed E-state index contributed by atoms with van der Waals surface area (Å²) in [4.78, 5) is 3.96. The van der Waals surface area contributed by atoms with Crippen LogP contribution in [0.4, 0.5) is 11.5 Å². The Morgan fingerprint density at radius 3 is 3.06 bits per heavy atom. The fraction of sp³-hybridized carbons (Fsp3) is 0.250. The van der Waals surface area contributed by atoms with Crippen molar-refractivity contribution in [2.45, 2.75) is 19.4 Å². The SMILES string of the molecule is CC(Cc1ccsc1)Nc1ccnc(N)c1. The average molecular weight is 233 g/mol. The molecule has 0 saturated carbocycles. The molecule has 2 heterocycles.